The quantitative estimate of drug-likeness (QED) is 0.275. The van der Waals surface area contributed by atoms with Gasteiger partial charge in [0, 0.05) is 43.0 Å². The Morgan fingerprint density at radius 3 is 2.57 bits per heavy atom. The average molecular weight is 598 g/mol. The molecule has 2 aromatic carbocycles. The number of rotatable bonds is 8. The standard InChI is InChI=1S/C29H29F2N5O5S/c1-16-22-11-18(13-25(41-21-7-9-40-10-8-21)27(22)35-29(33-16)34-17(2)37)19-12-24(28(39-3)32-15-19)36-42(4,38)26-6-5-20(30)14-23(26)31/h5-6,11-15,21H,4,7-10H2,1-3H3,(H,36,38)(H,33,34,35,37). The molecule has 220 valence electrons. The summed E-state index contributed by atoms with van der Waals surface area (Å²) in [4.78, 5) is 24.7. The Morgan fingerprint density at radius 1 is 1.12 bits per heavy atom. The number of benzene rings is 2. The Bertz CT molecular complexity index is 1780. The fourth-order valence-electron chi connectivity index (χ4n) is 4.61. The van der Waals surface area contributed by atoms with Crippen LogP contribution in [0.4, 0.5) is 20.4 Å². The third-order valence-corrected chi connectivity index (χ3v) is 8.20. The van der Waals surface area contributed by atoms with Crippen molar-refractivity contribution in [3.05, 3.63) is 59.9 Å². The van der Waals surface area contributed by atoms with E-state index in [1.807, 2.05) is 6.07 Å². The molecule has 3 heterocycles. The first-order chi connectivity index (χ1) is 20.0. The van der Waals surface area contributed by atoms with Crippen molar-refractivity contribution >= 4 is 44.0 Å². The van der Waals surface area contributed by atoms with Crippen molar-refractivity contribution in [2.45, 2.75) is 37.7 Å². The van der Waals surface area contributed by atoms with Gasteiger partial charge >= 0.3 is 0 Å². The lowest BCUT2D eigenvalue weighted by molar-refractivity contribution is -0.114. The number of fused-ring (bicyclic) bond motifs is 1. The molecule has 1 amide bonds. The van der Waals surface area contributed by atoms with Crippen LogP contribution in [0.2, 0.25) is 0 Å². The summed E-state index contributed by atoms with van der Waals surface area (Å²) in [6, 6.07) is 8.03. The number of carbonyl (C=O) groups excluding carboxylic acids is 1. The van der Waals surface area contributed by atoms with Crippen LogP contribution < -0.4 is 19.5 Å². The predicted molar refractivity (Wildman–Crippen MR) is 156 cm³/mol. The number of aromatic nitrogens is 3. The van der Waals surface area contributed by atoms with Gasteiger partial charge < -0.3 is 18.9 Å². The molecule has 4 aromatic rings. The van der Waals surface area contributed by atoms with Crippen LogP contribution >= 0.6 is 0 Å². The Hall–Kier alpha value is -4.36. The molecule has 0 radical (unpaired) electrons. The molecule has 1 saturated heterocycles. The lowest BCUT2D eigenvalue weighted by Gasteiger charge is -2.24. The van der Waals surface area contributed by atoms with Gasteiger partial charge in [0.2, 0.25) is 17.7 Å². The van der Waals surface area contributed by atoms with E-state index in [0.717, 1.165) is 12.1 Å². The first kappa shape index (κ1) is 29.1. The monoisotopic (exact) mass is 597 g/mol. The number of methoxy groups -OCH3 is 1. The zero-order valence-corrected chi connectivity index (χ0v) is 24.0. The first-order valence-corrected chi connectivity index (χ1v) is 14.8. The van der Waals surface area contributed by atoms with Gasteiger partial charge in [-0.1, -0.05) is 0 Å². The smallest absolute Gasteiger partial charge is 0.238 e. The van der Waals surface area contributed by atoms with Gasteiger partial charge in [0.05, 0.1) is 40.6 Å². The maximum absolute atomic E-state index is 14.5. The van der Waals surface area contributed by atoms with Gasteiger partial charge in [-0.2, -0.15) is 0 Å². The van der Waals surface area contributed by atoms with E-state index in [1.54, 1.807) is 25.3 Å². The molecule has 1 fully saturated rings. The van der Waals surface area contributed by atoms with Crippen molar-refractivity contribution in [2.75, 3.05) is 30.4 Å². The maximum Gasteiger partial charge on any atom is 0.238 e. The number of nitrogens with zero attached hydrogens (tertiary/aromatic N) is 3. The maximum atomic E-state index is 14.5. The van der Waals surface area contributed by atoms with Gasteiger partial charge in [0.1, 0.15) is 34.7 Å². The SMILES string of the molecule is C=S(=O)(Nc1cc(-c2cc(OC3CCOCC3)c3nc(NC(C)=O)nc(C)c3c2)cnc1OC)c1ccc(F)cc1F. The minimum Gasteiger partial charge on any atom is -0.488 e. The van der Waals surface area contributed by atoms with Crippen molar-refractivity contribution in [3.8, 4) is 22.8 Å². The highest BCUT2D eigenvalue weighted by atomic mass is 32.2. The summed E-state index contributed by atoms with van der Waals surface area (Å²) < 4.78 is 61.4. The van der Waals surface area contributed by atoms with Crippen molar-refractivity contribution in [2.24, 2.45) is 0 Å². The van der Waals surface area contributed by atoms with Crippen LogP contribution in [-0.2, 0) is 19.2 Å². The first-order valence-electron chi connectivity index (χ1n) is 13.0. The van der Waals surface area contributed by atoms with Crippen LogP contribution in [0.1, 0.15) is 25.5 Å². The molecule has 0 bridgehead atoms. The zero-order valence-electron chi connectivity index (χ0n) is 23.2. The summed E-state index contributed by atoms with van der Waals surface area (Å²) in [6.45, 7) is 4.32. The minimum atomic E-state index is -3.48. The van der Waals surface area contributed by atoms with E-state index in [1.165, 1.54) is 14.0 Å². The number of anilines is 2. The second-order valence-electron chi connectivity index (χ2n) is 9.75. The van der Waals surface area contributed by atoms with Crippen LogP contribution in [0.3, 0.4) is 0 Å². The molecule has 0 saturated carbocycles. The third-order valence-electron chi connectivity index (χ3n) is 6.61. The van der Waals surface area contributed by atoms with Crippen LogP contribution in [-0.4, -0.2) is 57.4 Å². The second-order valence-corrected chi connectivity index (χ2v) is 11.7. The highest BCUT2D eigenvalue weighted by Crippen LogP contribution is 2.37. The highest BCUT2D eigenvalue weighted by Gasteiger charge is 2.21. The number of pyridine rings is 1. The van der Waals surface area contributed by atoms with E-state index in [0.29, 0.717) is 65.6 Å². The highest BCUT2D eigenvalue weighted by molar-refractivity contribution is 8.01. The van der Waals surface area contributed by atoms with Crippen molar-refractivity contribution < 1.29 is 32.0 Å². The van der Waals surface area contributed by atoms with E-state index >= 15 is 0 Å². The fourth-order valence-corrected chi connectivity index (χ4v) is 5.89. The molecule has 5 rings (SSSR count). The van der Waals surface area contributed by atoms with Crippen LogP contribution in [0.5, 0.6) is 11.6 Å². The van der Waals surface area contributed by atoms with E-state index < -0.39 is 21.3 Å². The Balaban J connectivity index is 1.60. The van der Waals surface area contributed by atoms with Crippen LogP contribution in [0, 0.1) is 18.6 Å². The molecule has 42 heavy (non-hydrogen) atoms. The largest absolute Gasteiger partial charge is 0.488 e. The Labute approximate surface area is 241 Å². The number of hydrogen-bond acceptors (Lipinski definition) is 8. The molecular weight excluding hydrogens is 568 g/mol. The molecule has 0 spiro atoms. The van der Waals surface area contributed by atoms with Crippen molar-refractivity contribution in [1.82, 2.24) is 15.0 Å². The summed E-state index contributed by atoms with van der Waals surface area (Å²) in [5, 5.41) is 3.31. The molecular formula is C29H29F2N5O5S. The summed E-state index contributed by atoms with van der Waals surface area (Å²) >= 11 is 0. The number of halogens is 2. The Kier molecular flexibility index (Phi) is 8.23. The number of nitrogens with one attached hydrogen (secondary N) is 2. The average Bonchev–Trinajstić information content (AvgIpc) is 2.93. The number of ether oxygens (including phenoxy) is 3. The number of carbonyl (C=O) groups is 1. The predicted octanol–water partition coefficient (Wildman–Crippen LogP) is 4.91. The molecule has 2 N–H and O–H groups in total. The van der Waals surface area contributed by atoms with Gasteiger partial charge in [-0.05, 0) is 48.7 Å². The molecule has 1 aliphatic heterocycles. The van der Waals surface area contributed by atoms with E-state index in [-0.39, 0.29) is 34.4 Å². The second kappa shape index (κ2) is 11.9. The third kappa shape index (κ3) is 6.26. The Morgan fingerprint density at radius 2 is 1.88 bits per heavy atom. The van der Waals surface area contributed by atoms with Gasteiger partial charge in [-0.15, -0.1) is 0 Å². The van der Waals surface area contributed by atoms with Gasteiger partial charge in [-0.25, -0.2) is 27.9 Å². The molecule has 2 aromatic heterocycles. The van der Waals surface area contributed by atoms with E-state index in [4.69, 9.17) is 14.2 Å². The number of amides is 1. The van der Waals surface area contributed by atoms with Gasteiger partial charge in [0.25, 0.3) is 0 Å². The van der Waals surface area contributed by atoms with E-state index in [9.17, 15) is 17.8 Å². The van der Waals surface area contributed by atoms with Crippen LogP contribution in [0.25, 0.3) is 22.0 Å². The van der Waals surface area contributed by atoms with Gasteiger partial charge in [0.15, 0.2) is 0 Å². The summed E-state index contributed by atoms with van der Waals surface area (Å²) in [7, 11) is -2.09. The zero-order chi connectivity index (χ0) is 30.0. The molecule has 10 nitrogen and oxygen atoms in total. The summed E-state index contributed by atoms with van der Waals surface area (Å²) in [6.07, 6.45) is 2.85. The number of aryl methyl sites for hydroxylation is 1. The molecule has 1 atom stereocenters. The van der Waals surface area contributed by atoms with Gasteiger partial charge in [-0.3, -0.25) is 10.1 Å². The summed E-state index contributed by atoms with van der Waals surface area (Å²) in [5.74, 6) is 2.29. The fraction of sp³-hybridized carbons (Fsp3) is 0.276. The lowest BCUT2D eigenvalue weighted by Crippen LogP contribution is -2.26. The molecule has 0 aliphatic carbocycles. The minimum absolute atomic E-state index is 0.0941. The molecule has 1 aliphatic rings. The topological polar surface area (TPSA) is 125 Å². The molecule has 13 heteroatoms. The van der Waals surface area contributed by atoms with E-state index in [2.05, 4.69) is 30.9 Å². The van der Waals surface area contributed by atoms with Crippen molar-refractivity contribution in [1.29, 1.82) is 0 Å². The van der Waals surface area contributed by atoms with Crippen molar-refractivity contribution in [3.63, 3.8) is 0 Å². The molecule has 1 unspecified atom stereocenters. The lowest BCUT2D eigenvalue weighted by atomic mass is 10.0. The summed E-state index contributed by atoms with van der Waals surface area (Å²) in [5.41, 5.74) is 2.56. The number of hydrogen-bond donors (Lipinski definition) is 2. The normalized spacial score (nSPS) is 15.2. The van der Waals surface area contributed by atoms with Crippen LogP contribution in [0.15, 0.2) is 47.5 Å².